The first kappa shape index (κ1) is 66.8. The topological polar surface area (TPSA) is 383 Å². The molecule has 0 bridgehead atoms. The lowest BCUT2D eigenvalue weighted by Crippen LogP contribution is -2.56. The zero-order valence-corrected chi connectivity index (χ0v) is 43.5. The normalized spacial score (nSPS) is 14.7. The Morgan fingerprint density at radius 3 is 0.944 bits per heavy atom. The average molecular weight is 1040 g/mol. The smallest absolute Gasteiger partial charge is 0.242 e. The van der Waals surface area contributed by atoms with E-state index < -0.39 is 181 Å². The van der Waals surface area contributed by atoms with Crippen LogP contribution in [0.4, 0.5) is 0 Å². The maximum atomic E-state index is 14.0. The summed E-state index contributed by atoms with van der Waals surface area (Å²) >= 11 is 0. The maximum Gasteiger partial charge on any atom is 0.242 e. The van der Waals surface area contributed by atoms with Crippen molar-refractivity contribution in [1.82, 2.24) is 49.4 Å². The Morgan fingerprint density at radius 2 is 0.625 bits per heavy atom. The first-order chi connectivity index (χ1) is 33.3. The molecule has 0 aliphatic heterocycles. The van der Waals surface area contributed by atoms with Crippen molar-refractivity contribution in [3.63, 3.8) is 0 Å². The third kappa shape index (κ3) is 27.6. The Morgan fingerprint density at radius 1 is 0.361 bits per heavy atom. The van der Waals surface area contributed by atoms with E-state index in [2.05, 4.69) is 5.32 Å². The number of rotatable bonds is 35. The van der Waals surface area contributed by atoms with Crippen molar-refractivity contribution in [1.29, 1.82) is 0 Å². The number of hydrogen-bond acceptors (Lipinski definition) is 19. The van der Waals surface area contributed by atoms with Gasteiger partial charge in [0.2, 0.25) is 53.2 Å². The number of likely N-dealkylation sites (N-methyl/N-ethyl adjacent to an activating group) is 3. The second-order valence-electron chi connectivity index (χ2n) is 18.5. The number of nitrogens with zero attached hydrogens (tertiary/aromatic N) is 9. The Bertz CT molecular complexity index is 1750. The molecule has 72 heavy (non-hydrogen) atoms. The number of nitrogens with two attached hydrogens (primary N) is 1. The Hall–Kier alpha value is -5.17. The van der Waals surface area contributed by atoms with Gasteiger partial charge in [-0.1, -0.05) is 0 Å². The van der Waals surface area contributed by atoms with Crippen molar-refractivity contribution >= 4 is 53.2 Å². The van der Waals surface area contributed by atoms with Crippen molar-refractivity contribution in [2.45, 2.75) is 97.4 Å². The van der Waals surface area contributed by atoms with E-state index in [9.17, 15) is 84.0 Å². The minimum Gasteiger partial charge on any atom is -0.392 e. The molecule has 0 rings (SSSR count). The highest BCUT2D eigenvalue weighted by Gasteiger charge is 2.33. The molecule has 0 aromatic heterocycles. The lowest BCUT2D eigenvalue weighted by atomic mass is 10.2. The van der Waals surface area contributed by atoms with Crippen LogP contribution >= 0.6 is 0 Å². The first-order valence-corrected chi connectivity index (χ1v) is 23.5. The van der Waals surface area contributed by atoms with Gasteiger partial charge >= 0.3 is 0 Å². The zero-order valence-electron chi connectivity index (χ0n) is 43.5. The van der Waals surface area contributed by atoms with Gasteiger partial charge in [0.25, 0.3) is 0 Å². The first-order valence-electron chi connectivity index (χ1n) is 23.5. The molecule has 0 saturated heterocycles. The molecule has 416 valence electrons. The standard InChI is InChI=1S/C44H83N11O17/c1-28(56)12-49(19-35(45)63)39(67)22-51(14-30(3)58)41(69)24-53(16-32(5)60)43(71)26-55(18-34(7)62)44(72)27-54(17-33(6)61)42(70)25-52(15-31(4)59)40(68)23-50(13-29(2)57)38(66)21-48(10)37(65)20-47(9)36(64)11-46-8/h28-34,44,46,56-62,72H,11-27H2,1-10H3,(H2,45,63). The molecule has 0 aliphatic carbocycles. The SMILES string of the molecule is CNCC(=O)N(C)CC(=O)N(C)CC(=O)N(CC(=O)N(CC(=O)N(CC(C)O)CC(O)N(CC(=O)N(CC(=O)N(CC(=O)N(CC(N)=O)CC(C)O)CC(C)O)CC(C)O)CC(C)O)CC(C)O)CC(C)O. The van der Waals surface area contributed by atoms with Crippen LogP contribution in [0.15, 0.2) is 0 Å². The molecule has 0 saturated carbocycles. The monoisotopic (exact) mass is 1040 g/mol. The number of aliphatic hydroxyl groups is 8. The van der Waals surface area contributed by atoms with Gasteiger partial charge in [0.15, 0.2) is 0 Å². The summed E-state index contributed by atoms with van der Waals surface area (Å²) in [4.78, 5) is 128. The average Bonchev–Trinajstić information content (AvgIpc) is 3.23. The Labute approximate surface area is 421 Å². The number of amides is 9. The van der Waals surface area contributed by atoms with Gasteiger partial charge in [-0.15, -0.1) is 0 Å². The number of carbonyl (C=O) groups is 9. The van der Waals surface area contributed by atoms with Crippen LogP contribution in [-0.2, 0) is 43.2 Å². The molecule has 28 nitrogen and oxygen atoms in total. The number of hydrogen-bond donors (Lipinski definition) is 10. The number of primary amides is 1. The fraction of sp³-hybridized carbons (Fsp3) is 0.795. The van der Waals surface area contributed by atoms with E-state index in [1.807, 2.05) is 0 Å². The molecule has 0 aliphatic rings. The summed E-state index contributed by atoms with van der Waals surface area (Å²) < 4.78 is 0. The molecule has 8 atom stereocenters. The van der Waals surface area contributed by atoms with Crippen molar-refractivity contribution in [3.8, 4) is 0 Å². The molecule has 0 aromatic rings. The van der Waals surface area contributed by atoms with Crippen LogP contribution < -0.4 is 11.1 Å². The molecular formula is C44H83N11O17. The van der Waals surface area contributed by atoms with Gasteiger partial charge in [-0.25, -0.2) is 0 Å². The van der Waals surface area contributed by atoms with Crippen LogP contribution in [-0.4, -0.2) is 319 Å². The molecule has 11 N–H and O–H groups in total. The number of nitrogens with one attached hydrogen (secondary N) is 1. The van der Waals surface area contributed by atoms with Crippen LogP contribution in [0.5, 0.6) is 0 Å². The molecular weight excluding hydrogens is 955 g/mol. The van der Waals surface area contributed by atoms with Crippen LogP contribution in [0.1, 0.15) is 48.5 Å². The molecule has 0 fully saturated rings. The third-order valence-electron chi connectivity index (χ3n) is 10.2. The van der Waals surface area contributed by atoms with Crippen molar-refractivity contribution in [2.75, 3.05) is 132 Å². The van der Waals surface area contributed by atoms with Crippen molar-refractivity contribution < 1.29 is 84.0 Å². The van der Waals surface area contributed by atoms with E-state index in [0.717, 1.165) is 44.1 Å². The lowest BCUT2D eigenvalue weighted by Gasteiger charge is -2.36. The highest BCUT2D eigenvalue weighted by Crippen LogP contribution is 2.10. The van der Waals surface area contributed by atoms with E-state index in [4.69, 9.17) is 5.73 Å². The number of carbonyl (C=O) groups excluding carboxylic acids is 9. The summed E-state index contributed by atoms with van der Waals surface area (Å²) in [6, 6.07) is 0. The minimum atomic E-state index is -1.79. The van der Waals surface area contributed by atoms with E-state index in [1.54, 1.807) is 7.05 Å². The summed E-state index contributed by atoms with van der Waals surface area (Å²) in [6.07, 6.45) is -10.1. The van der Waals surface area contributed by atoms with Gasteiger partial charge in [-0.3, -0.25) is 48.1 Å². The molecule has 0 spiro atoms. The molecule has 8 unspecified atom stereocenters. The van der Waals surface area contributed by atoms with Crippen LogP contribution in [0.3, 0.4) is 0 Å². The summed E-state index contributed by atoms with van der Waals surface area (Å²) in [5.74, 6) is -7.03. The van der Waals surface area contributed by atoms with Crippen molar-refractivity contribution in [2.24, 2.45) is 5.73 Å². The zero-order chi connectivity index (χ0) is 55.7. The summed E-state index contributed by atoms with van der Waals surface area (Å²) in [5.41, 5.74) is 5.27. The van der Waals surface area contributed by atoms with Gasteiger partial charge in [-0.05, 0) is 55.5 Å². The quantitative estimate of drug-likeness (QED) is 0.0264. The Kier molecular flexibility index (Phi) is 31.1. The predicted octanol–water partition coefficient (Wildman–Crippen LogP) is -8.13. The largest absolute Gasteiger partial charge is 0.392 e. The third-order valence-corrected chi connectivity index (χ3v) is 10.2. The summed E-state index contributed by atoms with van der Waals surface area (Å²) in [6.45, 7) is 0.497. The van der Waals surface area contributed by atoms with E-state index in [-0.39, 0.29) is 32.1 Å². The predicted molar refractivity (Wildman–Crippen MR) is 257 cm³/mol. The summed E-state index contributed by atoms with van der Waals surface area (Å²) in [7, 11) is 4.26. The van der Waals surface area contributed by atoms with Gasteiger partial charge in [-0.2, -0.15) is 0 Å². The van der Waals surface area contributed by atoms with Crippen LogP contribution in [0, 0.1) is 0 Å². The molecule has 0 aromatic carbocycles. The maximum absolute atomic E-state index is 14.0. The van der Waals surface area contributed by atoms with Crippen molar-refractivity contribution in [3.05, 3.63) is 0 Å². The fourth-order valence-corrected chi connectivity index (χ4v) is 7.01. The van der Waals surface area contributed by atoms with Gasteiger partial charge < -0.3 is 91.1 Å². The summed E-state index contributed by atoms with van der Waals surface area (Å²) in [5, 5.41) is 86.1. The molecule has 0 heterocycles. The van der Waals surface area contributed by atoms with Gasteiger partial charge in [0, 0.05) is 59.9 Å². The molecule has 9 amide bonds. The van der Waals surface area contributed by atoms with E-state index in [0.29, 0.717) is 0 Å². The second-order valence-corrected chi connectivity index (χ2v) is 18.5. The molecule has 28 heteroatoms. The minimum absolute atomic E-state index is 0.0339. The number of aliphatic hydroxyl groups excluding tert-OH is 8. The lowest BCUT2D eigenvalue weighted by molar-refractivity contribution is -0.150. The highest BCUT2D eigenvalue weighted by atomic mass is 16.3. The second kappa shape index (κ2) is 33.5. The fourth-order valence-electron chi connectivity index (χ4n) is 7.01. The van der Waals surface area contributed by atoms with Crippen LogP contribution in [0.25, 0.3) is 0 Å². The molecule has 0 radical (unpaired) electrons. The van der Waals surface area contributed by atoms with E-state index >= 15 is 0 Å². The van der Waals surface area contributed by atoms with E-state index in [1.165, 1.54) is 62.6 Å². The van der Waals surface area contributed by atoms with Crippen LogP contribution in [0.2, 0.25) is 0 Å². The highest BCUT2D eigenvalue weighted by molar-refractivity contribution is 5.92. The van der Waals surface area contributed by atoms with Gasteiger partial charge in [0.05, 0.1) is 108 Å². The Balaban J connectivity index is 6.57. The van der Waals surface area contributed by atoms with Gasteiger partial charge in [0.1, 0.15) is 6.23 Å².